The molecule has 3 aromatic rings. The molecule has 0 saturated heterocycles. The van der Waals surface area contributed by atoms with E-state index in [1.807, 2.05) is 24.5 Å². The lowest BCUT2D eigenvalue weighted by atomic mass is 10.2. The molecule has 1 N–H and O–H groups in total. The number of hydrogen-bond acceptors (Lipinski definition) is 6. The van der Waals surface area contributed by atoms with Gasteiger partial charge in [0.2, 0.25) is 0 Å². The summed E-state index contributed by atoms with van der Waals surface area (Å²) < 4.78 is 11.5. The van der Waals surface area contributed by atoms with Crippen molar-refractivity contribution in [3.8, 4) is 11.5 Å². The summed E-state index contributed by atoms with van der Waals surface area (Å²) in [6, 6.07) is 11.1. The Morgan fingerprint density at radius 3 is 2.38 bits per heavy atom. The number of rotatable bonds is 5. The van der Waals surface area contributed by atoms with Crippen molar-refractivity contribution >= 4 is 44.4 Å². The third kappa shape index (κ3) is 3.18. The largest absolute Gasteiger partial charge is 0.495 e. The Bertz CT molecular complexity index is 834. The van der Waals surface area contributed by atoms with E-state index in [2.05, 4.69) is 10.3 Å². The summed E-state index contributed by atoms with van der Waals surface area (Å²) in [5.74, 6) is 1.15. The summed E-state index contributed by atoms with van der Waals surface area (Å²) in [6.45, 7) is 0. The number of aromatic nitrogens is 1. The van der Waals surface area contributed by atoms with Crippen molar-refractivity contribution < 1.29 is 14.3 Å². The highest BCUT2D eigenvalue weighted by molar-refractivity contribution is 7.98. The van der Waals surface area contributed by atoms with Crippen molar-refractivity contribution in [2.24, 2.45) is 0 Å². The Hall–Kier alpha value is -2.25. The van der Waals surface area contributed by atoms with Gasteiger partial charge >= 0.3 is 0 Å². The van der Waals surface area contributed by atoms with Crippen LogP contribution in [0.5, 0.6) is 11.5 Å². The first-order valence-corrected chi connectivity index (χ1v) is 9.17. The van der Waals surface area contributed by atoms with Crippen LogP contribution in [0.4, 0.5) is 5.13 Å². The van der Waals surface area contributed by atoms with Gasteiger partial charge in [-0.05, 0) is 42.7 Å². The second kappa shape index (κ2) is 7.11. The summed E-state index contributed by atoms with van der Waals surface area (Å²) in [4.78, 5) is 18.0. The van der Waals surface area contributed by atoms with Crippen LogP contribution in [0, 0.1) is 0 Å². The van der Waals surface area contributed by atoms with Gasteiger partial charge in [-0.25, -0.2) is 4.98 Å². The number of anilines is 1. The average molecular weight is 360 g/mol. The molecule has 24 heavy (non-hydrogen) atoms. The Morgan fingerprint density at radius 1 is 1.08 bits per heavy atom. The molecule has 0 saturated carbocycles. The molecule has 1 aromatic heterocycles. The minimum atomic E-state index is -0.195. The van der Waals surface area contributed by atoms with Gasteiger partial charge in [-0.15, -0.1) is 11.8 Å². The number of amides is 1. The lowest BCUT2D eigenvalue weighted by Crippen LogP contribution is -2.11. The van der Waals surface area contributed by atoms with Crippen molar-refractivity contribution in [2.75, 3.05) is 25.8 Å². The van der Waals surface area contributed by atoms with Crippen molar-refractivity contribution in [3.63, 3.8) is 0 Å². The monoisotopic (exact) mass is 360 g/mol. The normalized spacial score (nSPS) is 10.6. The Balaban J connectivity index is 1.90. The fraction of sp³-hybridized carbons (Fsp3) is 0.176. The van der Waals surface area contributed by atoms with Crippen LogP contribution in [0.25, 0.3) is 10.2 Å². The highest BCUT2D eigenvalue weighted by atomic mass is 32.2. The predicted molar refractivity (Wildman–Crippen MR) is 98.9 cm³/mol. The maximum atomic E-state index is 12.4. The van der Waals surface area contributed by atoms with Crippen LogP contribution in [-0.2, 0) is 0 Å². The van der Waals surface area contributed by atoms with Crippen LogP contribution in [0.15, 0.2) is 41.3 Å². The Morgan fingerprint density at radius 2 is 1.75 bits per heavy atom. The smallest absolute Gasteiger partial charge is 0.257 e. The van der Waals surface area contributed by atoms with Crippen LogP contribution in [0.1, 0.15) is 10.4 Å². The molecule has 0 radical (unpaired) electrons. The fourth-order valence-electron chi connectivity index (χ4n) is 2.25. The van der Waals surface area contributed by atoms with E-state index >= 15 is 0 Å². The topological polar surface area (TPSA) is 60.5 Å². The average Bonchev–Trinajstić information content (AvgIpc) is 3.04. The summed E-state index contributed by atoms with van der Waals surface area (Å²) in [5.41, 5.74) is 1.26. The maximum Gasteiger partial charge on any atom is 0.257 e. The molecule has 124 valence electrons. The summed E-state index contributed by atoms with van der Waals surface area (Å²) in [5, 5.41) is 3.34. The molecule has 0 aliphatic carbocycles. The molecule has 7 heteroatoms. The second-order valence-corrected chi connectivity index (χ2v) is 6.73. The second-order valence-electron chi connectivity index (χ2n) is 4.85. The Labute approximate surface area is 148 Å². The molecular weight excluding hydrogens is 344 g/mol. The molecule has 1 amide bonds. The van der Waals surface area contributed by atoms with E-state index in [1.165, 1.54) is 11.3 Å². The molecule has 2 aromatic carbocycles. The van der Waals surface area contributed by atoms with E-state index in [0.29, 0.717) is 27.7 Å². The van der Waals surface area contributed by atoms with Crippen LogP contribution in [-0.4, -0.2) is 31.4 Å². The van der Waals surface area contributed by atoms with E-state index in [4.69, 9.17) is 9.47 Å². The summed E-state index contributed by atoms with van der Waals surface area (Å²) in [7, 11) is 3.19. The first-order chi connectivity index (χ1) is 11.7. The van der Waals surface area contributed by atoms with Crippen LogP contribution < -0.4 is 14.8 Å². The number of methoxy groups -OCH3 is 2. The molecule has 0 spiro atoms. The standard InChI is InChI=1S/C17H16N2O3S2/c1-21-12-8-9-13(22-2)15-14(12)18-17(24-15)19-16(20)10-4-6-11(23-3)7-5-10/h4-9H,1-3H3,(H,18,19,20). The third-order valence-corrected chi connectivity index (χ3v) is 5.21. The highest BCUT2D eigenvalue weighted by Gasteiger charge is 2.15. The van der Waals surface area contributed by atoms with Gasteiger partial charge in [0.05, 0.1) is 14.2 Å². The van der Waals surface area contributed by atoms with Crippen LogP contribution in [0.3, 0.4) is 0 Å². The number of hydrogen-bond donors (Lipinski definition) is 1. The van der Waals surface area contributed by atoms with E-state index < -0.39 is 0 Å². The predicted octanol–water partition coefficient (Wildman–Crippen LogP) is 4.29. The summed E-state index contributed by atoms with van der Waals surface area (Å²) in [6.07, 6.45) is 2.00. The molecule has 0 fully saturated rings. The van der Waals surface area contributed by atoms with Gasteiger partial charge < -0.3 is 9.47 Å². The molecular formula is C17H16N2O3S2. The van der Waals surface area contributed by atoms with Gasteiger partial charge in [0.15, 0.2) is 5.13 Å². The molecule has 0 aliphatic heterocycles. The van der Waals surface area contributed by atoms with E-state index in [1.54, 1.807) is 44.2 Å². The third-order valence-electron chi connectivity index (χ3n) is 3.48. The zero-order chi connectivity index (χ0) is 17.1. The number of nitrogens with one attached hydrogen (secondary N) is 1. The molecule has 0 bridgehead atoms. The zero-order valence-electron chi connectivity index (χ0n) is 13.5. The first kappa shape index (κ1) is 16.6. The number of carbonyl (C=O) groups excluding carboxylic acids is 1. The van der Waals surface area contributed by atoms with Gasteiger partial charge in [-0.2, -0.15) is 0 Å². The van der Waals surface area contributed by atoms with Gasteiger partial charge in [-0.3, -0.25) is 10.1 Å². The quantitative estimate of drug-likeness (QED) is 0.688. The first-order valence-electron chi connectivity index (χ1n) is 7.13. The number of carbonyl (C=O) groups is 1. The number of nitrogens with zero attached hydrogens (tertiary/aromatic N) is 1. The van der Waals surface area contributed by atoms with Crippen molar-refractivity contribution in [2.45, 2.75) is 4.90 Å². The molecule has 0 atom stereocenters. The lowest BCUT2D eigenvalue weighted by molar-refractivity contribution is 0.102. The van der Waals surface area contributed by atoms with Gasteiger partial charge in [0.1, 0.15) is 21.7 Å². The minimum Gasteiger partial charge on any atom is -0.495 e. The van der Waals surface area contributed by atoms with Crippen molar-refractivity contribution in [1.29, 1.82) is 0 Å². The maximum absolute atomic E-state index is 12.4. The molecule has 3 rings (SSSR count). The molecule has 5 nitrogen and oxygen atoms in total. The van der Waals surface area contributed by atoms with E-state index in [9.17, 15) is 4.79 Å². The number of benzene rings is 2. The SMILES string of the molecule is COc1ccc(OC)c2sc(NC(=O)c3ccc(SC)cc3)nc12. The van der Waals surface area contributed by atoms with Gasteiger partial charge in [0, 0.05) is 10.5 Å². The van der Waals surface area contributed by atoms with Crippen molar-refractivity contribution in [3.05, 3.63) is 42.0 Å². The molecule has 1 heterocycles. The van der Waals surface area contributed by atoms with Gasteiger partial charge in [-0.1, -0.05) is 11.3 Å². The minimum absolute atomic E-state index is 0.195. The number of thioether (sulfide) groups is 1. The van der Waals surface area contributed by atoms with Crippen molar-refractivity contribution in [1.82, 2.24) is 4.98 Å². The lowest BCUT2D eigenvalue weighted by Gasteiger charge is -2.03. The van der Waals surface area contributed by atoms with E-state index in [0.717, 1.165) is 9.60 Å². The molecule has 0 unspecified atom stereocenters. The number of ether oxygens (including phenoxy) is 2. The zero-order valence-corrected chi connectivity index (χ0v) is 15.1. The number of fused-ring (bicyclic) bond motifs is 1. The van der Waals surface area contributed by atoms with Crippen LogP contribution >= 0.6 is 23.1 Å². The highest BCUT2D eigenvalue weighted by Crippen LogP contribution is 2.38. The fourth-order valence-corrected chi connectivity index (χ4v) is 3.63. The van der Waals surface area contributed by atoms with E-state index in [-0.39, 0.29) is 5.91 Å². The Kier molecular flexibility index (Phi) is 4.92. The molecule has 0 aliphatic rings. The van der Waals surface area contributed by atoms with Gasteiger partial charge in [0.25, 0.3) is 5.91 Å². The van der Waals surface area contributed by atoms with Crippen LogP contribution in [0.2, 0.25) is 0 Å². The number of thiazole rings is 1. The summed E-state index contributed by atoms with van der Waals surface area (Å²) >= 11 is 2.99.